The number of hydrogen-bond acceptors (Lipinski definition) is 1. The van der Waals surface area contributed by atoms with Crippen LogP contribution in [0.2, 0.25) is 13.1 Å². The molecule has 18 heavy (non-hydrogen) atoms. The lowest BCUT2D eigenvalue weighted by molar-refractivity contribution is -0.123. The van der Waals surface area contributed by atoms with Crippen molar-refractivity contribution in [2.45, 2.75) is 13.1 Å². The molecule has 1 rings (SSSR count). The Labute approximate surface area is 110 Å². The van der Waals surface area contributed by atoms with E-state index in [0.717, 1.165) is 0 Å². The summed E-state index contributed by atoms with van der Waals surface area (Å²) in [6, 6.07) is 10.1. The lowest BCUT2D eigenvalue weighted by atomic mass is 10.4. The molecule has 0 radical (unpaired) electrons. The minimum atomic E-state index is -1.87. The molecule has 0 saturated carbocycles. The van der Waals surface area contributed by atoms with Crippen molar-refractivity contribution < 1.29 is 4.79 Å². The second-order valence-corrected chi connectivity index (χ2v) is 8.68. The van der Waals surface area contributed by atoms with E-state index in [0.29, 0.717) is 6.54 Å². The highest BCUT2D eigenvalue weighted by atomic mass is 28.3. The molecular weight excluding hydrogens is 238 g/mol. The third-order valence-corrected chi connectivity index (χ3v) is 5.18. The molecule has 0 aliphatic carbocycles. The summed E-state index contributed by atoms with van der Waals surface area (Å²) < 4.78 is 0. The summed E-state index contributed by atoms with van der Waals surface area (Å²) in [5.74, 6) is 4.92. The van der Waals surface area contributed by atoms with Crippen LogP contribution in [0.5, 0.6) is 0 Å². The van der Waals surface area contributed by atoms with E-state index >= 15 is 0 Å². The Morgan fingerprint density at radius 2 is 1.94 bits per heavy atom. The maximum atomic E-state index is 11.7. The van der Waals surface area contributed by atoms with E-state index in [2.05, 4.69) is 42.6 Å². The lowest BCUT2D eigenvalue weighted by Crippen LogP contribution is -2.40. The third-order valence-electron chi connectivity index (χ3n) is 2.65. The van der Waals surface area contributed by atoms with E-state index in [4.69, 9.17) is 6.42 Å². The summed E-state index contributed by atoms with van der Waals surface area (Å²) in [5.41, 5.74) is 3.14. The van der Waals surface area contributed by atoms with E-state index in [1.54, 1.807) is 7.05 Å². The molecule has 2 nitrogen and oxygen atoms in total. The van der Waals surface area contributed by atoms with Gasteiger partial charge in [-0.2, -0.15) is 0 Å². The maximum absolute atomic E-state index is 11.7. The molecule has 0 aromatic heterocycles. The molecule has 0 unspecified atom stereocenters. The van der Waals surface area contributed by atoms with Crippen LogP contribution in [0.1, 0.15) is 0 Å². The molecule has 1 aromatic carbocycles. The predicted molar refractivity (Wildman–Crippen MR) is 77.8 cm³/mol. The van der Waals surface area contributed by atoms with Gasteiger partial charge < -0.3 is 4.90 Å². The Balaban J connectivity index is 2.85. The van der Waals surface area contributed by atoms with Gasteiger partial charge in [-0.25, -0.2) is 0 Å². The minimum Gasteiger partial charge on any atom is -0.324 e. The van der Waals surface area contributed by atoms with Gasteiger partial charge in [0.1, 0.15) is 0 Å². The third kappa shape index (κ3) is 3.80. The summed E-state index contributed by atoms with van der Waals surface area (Å²) in [7, 11) is -0.211. The summed E-state index contributed by atoms with van der Waals surface area (Å²) in [4.78, 5) is 13.1. The minimum absolute atomic E-state index is 0.218. The number of terminal acetylenes is 1. The summed E-state index contributed by atoms with van der Waals surface area (Å²) in [6.45, 7) is 4.55. The largest absolute Gasteiger partial charge is 0.324 e. The molecule has 0 heterocycles. The van der Waals surface area contributed by atoms with Crippen molar-refractivity contribution in [1.29, 1.82) is 0 Å². The molecule has 0 fully saturated rings. The maximum Gasteiger partial charge on any atom is 0.298 e. The zero-order valence-corrected chi connectivity index (χ0v) is 12.0. The topological polar surface area (TPSA) is 20.3 Å². The fraction of sp³-hybridized carbons (Fsp3) is 0.267. The van der Waals surface area contributed by atoms with Crippen molar-refractivity contribution >= 4 is 19.2 Å². The fourth-order valence-corrected chi connectivity index (χ4v) is 3.03. The monoisotopic (exact) mass is 255 g/mol. The molecule has 0 spiro atoms. The molecule has 0 atom stereocenters. The highest BCUT2D eigenvalue weighted by Crippen LogP contribution is 2.01. The number of carbonyl (C=O) groups excluding carboxylic acids is 1. The zero-order chi connectivity index (χ0) is 13.6. The smallest absolute Gasteiger partial charge is 0.298 e. The lowest BCUT2D eigenvalue weighted by Gasteiger charge is -2.15. The normalized spacial score (nSPS) is 9.89. The second-order valence-electron chi connectivity index (χ2n) is 4.61. The van der Waals surface area contributed by atoms with Crippen molar-refractivity contribution in [3.05, 3.63) is 30.3 Å². The van der Waals surface area contributed by atoms with Crippen LogP contribution in [0.15, 0.2) is 30.3 Å². The Bertz CT molecular complexity index is 517. The first-order valence-electron chi connectivity index (χ1n) is 5.74. The summed E-state index contributed by atoms with van der Waals surface area (Å²) in [5, 5.41) is 1.23. The number of amides is 1. The average Bonchev–Trinajstić information content (AvgIpc) is 2.37. The van der Waals surface area contributed by atoms with Gasteiger partial charge in [0.2, 0.25) is 0 Å². The van der Waals surface area contributed by atoms with Gasteiger partial charge in [-0.05, 0) is 11.1 Å². The van der Waals surface area contributed by atoms with Gasteiger partial charge >= 0.3 is 0 Å². The number of carbonyl (C=O) groups is 1. The number of hydrogen-bond donors (Lipinski definition) is 0. The van der Waals surface area contributed by atoms with E-state index in [1.807, 2.05) is 18.2 Å². The standard InChI is InChI=1S/C15H17NOSi/c1-5-12-16(2)15(17)11-13-18(3,4)14-9-7-6-8-10-14/h1,6-10H,12H2,2-4H3. The molecular formula is C15H17NOSi. The van der Waals surface area contributed by atoms with Gasteiger partial charge in [0, 0.05) is 7.05 Å². The quantitative estimate of drug-likeness (QED) is 0.575. The van der Waals surface area contributed by atoms with E-state index < -0.39 is 8.07 Å². The van der Waals surface area contributed by atoms with Crippen LogP contribution in [0.3, 0.4) is 0 Å². The average molecular weight is 255 g/mol. The Kier molecular flexibility index (Phi) is 4.77. The Hall–Kier alpha value is -1.97. The van der Waals surface area contributed by atoms with Crippen LogP contribution >= 0.6 is 0 Å². The highest BCUT2D eigenvalue weighted by molar-refractivity contribution is 6.96. The molecule has 0 aliphatic rings. The second kappa shape index (κ2) is 6.09. The van der Waals surface area contributed by atoms with E-state index in [9.17, 15) is 4.79 Å². The molecule has 0 saturated heterocycles. The van der Waals surface area contributed by atoms with Crippen LogP contribution in [-0.4, -0.2) is 32.5 Å². The van der Waals surface area contributed by atoms with Gasteiger partial charge in [-0.3, -0.25) is 4.79 Å². The predicted octanol–water partition coefficient (Wildman–Crippen LogP) is 1.24. The van der Waals surface area contributed by atoms with Gasteiger partial charge in [-0.1, -0.05) is 49.3 Å². The van der Waals surface area contributed by atoms with Crippen molar-refractivity contribution in [3.8, 4) is 23.8 Å². The zero-order valence-electron chi connectivity index (χ0n) is 11.0. The van der Waals surface area contributed by atoms with Gasteiger partial charge in [0.15, 0.2) is 8.07 Å². The van der Waals surface area contributed by atoms with Crippen molar-refractivity contribution in [1.82, 2.24) is 4.90 Å². The van der Waals surface area contributed by atoms with E-state index in [-0.39, 0.29) is 5.91 Å². The van der Waals surface area contributed by atoms with Gasteiger partial charge in [0.25, 0.3) is 5.91 Å². The first-order chi connectivity index (χ1) is 8.47. The first kappa shape index (κ1) is 14.1. The summed E-state index contributed by atoms with van der Waals surface area (Å²) >= 11 is 0. The number of nitrogens with zero attached hydrogens (tertiary/aromatic N) is 1. The molecule has 0 bridgehead atoms. The number of benzene rings is 1. The Morgan fingerprint density at radius 3 is 2.50 bits per heavy atom. The van der Waals surface area contributed by atoms with Gasteiger partial charge in [0.05, 0.1) is 6.54 Å². The fourth-order valence-electron chi connectivity index (χ4n) is 1.44. The first-order valence-corrected chi connectivity index (χ1v) is 8.74. The SMILES string of the molecule is C#CCN(C)C(=O)C#C[Si](C)(C)c1ccccc1. The molecule has 1 amide bonds. The van der Waals surface area contributed by atoms with E-state index in [1.165, 1.54) is 10.1 Å². The van der Waals surface area contributed by atoms with Crippen molar-refractivity contribution in [2.75, 3.05) is 13.6 Å². The highest BCUT2D eigenvalue weighted by Gasteiger charge is 2.20. The molecule has 3 heteroatoms. The van der Waals surface area contributed by atoms with Crippen molar-refractivity contribution in [2.24, 2.45) is 0 Å². The molecule has 92 valence electrons. The summed E-state index contributed by atoms with van der Waals surface area (Å²) in [6.07, 6.45) is 5.16. The number of rotatable bonds is 2. The van der Waals surface area contributed by atoms with Crippen LogP contribution in [0.25, 0.3) is 0 Å². The van der Waals surface area contributed by atoms with Gasteiger partial charge in [-0.15, -0.1) is 12.0 Å². The van der Waals surface area contributed by atoms with Crippen molar-refractivity contribution in [3.63, 3.8) is 0 Å². The Morgan fingerprint density at radius 1 is 1.33 bits per heavy atom. The van der Waals surface area contributed by atoms with Crippen LogP contribution in [-0.2, 0) is 4.79 Å². The van der Waals surface area contributed by atoms with Crippen LogP contribution in [0, 0.1) is 23.8 Å². The molecule has 1 aromatic rings. The molecule has 0 N–H and O–H groups in total. The molecule has 0 aliphatic heterocycles. The van der Waals surface area contributed by atoms with Crippen LogP contribution < -0.4 is 5.19 Å². The van der Waals surface area contributed by atoms with Crippen LogP contribution in [0.4, 0.5) is 0 Å².